The Morgan fingerprint density at radius 1 is 0.758 bits per heavy atom. The van der Waals surface area contributed by atoms with Gasteiger partial charge in [-0.3, -0.25) is 14.4 Å². The van der Waals surface area contributed by atoms with E-state index in [4.69, 9.17) is 0 Å². The van der Waals surface area contributed by atoms with Crippen molar-refractivity contribution >= 4 is 23.4 Å². The topological polar surface area (TPSA) is 78.5 Å². The van der Waals surface area contributed by atoms with Gasteiger partial charge in [-0.05, 0) is 42.7 Å². The van der Waals surface area contributed by atoms with Crippen LogP contribution in [0.25, 0.3) is 0 Å². The van der Waals surface area contributed by atoms with Gasteiger partial charge in [0.15, 0.2) is 0 Å². The first-order valence-electron chi connectivity index (χ1n) is 11.2. The summed E-state index contributed by atoms with van der Waals surface area (Å²) < 4.78 is 0. The molecule has 1 saturated heterocycles. The van der Waals surface area contributed by atoms with E-state index in [-0.39, 0.29) is 11.8 Å². The quantitative estimate of drug-likeness (QED) is 0.584. The van der Waals surface area contributed by atoms with Gasteiger partial charge in [0, 0.05) is 25.1 Å². The minimum absolute atomic E-state index is 0.0736. The maximum Gasteiger partial charge on any atom is 0.255 e. The Labute approximate surface area is 193 Å². The fraction of sp³-hybridized carbons (Fsp3) is 0.222. The fourth-order valence-corrected chi connectivity index (χ4v) is 4.02. The number of carbonyl (C=O) groups is 3. The van der Waals surface area contributed by atoms with Crippen LogP contribution in [-0.2, 0) is 11.2 Å². The molecule has 3 amide bonds. The second kappa shape index (κ2) is 10.6. The molecule has 0 aromatic heterocycles. The monoisotopic (exact) mass is 441 g/mol. The summed E-state index contributed by atoms with van der Waals surface area (Å²) in [6, 6.07) is 24.6. The Balaban J connectivity index is 1.54. The number of para-hydroxylation sites is 1. The second-order valence-electron chi connectivity index (χ2n) is 8.11. The molecule has 2 N–H and O–H groups in total. The molecule has 33 heavy (non-hydrogen) atoms. The van der Waals surface area contributed by atoms with Gasteiger partial charge in [-0.2, -0.15) is 0 Å². The maximum atomic E-state index is 13.3. The SMILES string of the molecule is O=C(Nc1ccccc1C(=O)N[C@H](Cc1ccccc1)C(=O)N1CCCC1)c1ccccc1. The van der Waals surface area contributed by atoms with E-state index < -0.39 is 11.9 Å². The zero-order valence-electron chi connectivity index (χ0n) is 18.4. The van der Waals surface area contributed by atoms with Crippen molar-refractivity contribution in [1.82, 2.24) is 10.2 Å². The Morgan fingerprint density at radius 3 is 2.06 bits per heavy atom. The summed E-state index contributed by atoms with van der Waals surface area (Å²) in [5, 5.41) is 5.75. The van der Waals surface area contributed by atoms with E-state index in [1.807, 2.05) is 41.3 Å². The average molecular weight is 442 g/mol. The van der Waals surface area contributed by atoms with E-state index in [0.29, 0.717) is 36.3 Å². The van der Waals surface area contributed by atoms with E-state index in [1.54, 1.807) is 48.5 Å². The van der Waals surface area contributed by atoms with Crippen LogP contribution in [-0.4, -0.2) is 41.8 Å². The molecular weight excluding hydrogens is 414 g/mol. The summed E-state index contributed by atoms with van der Waals surface area (Å²) in [4.78, 5) is 40.9. The molecular formula is C27H27N3O3. The summed E-state index contributed by atoms with van der Waals surface area (Å²) in [5.41, 5.74) is 2.19. The van der Waals surface area contributed by atoms with Crippen LogP contribution >= 0.6 is 0 Å². The van der Waals surface area contributed by atoms with Gasteiger partial charge in [0.1, 0.15) is 6.04 Å². The van der Waals surface area contributed by atoms with Crippen LogP contribution in [0.5, 0.6) is 0 Å². The zero-order valence-corrected chi connectivity index (χ0v) is 18.4. The van der Waals surface area contributed by atoms with Crippen molar-refractivity contribution in [3.05, 3.63) is 102 Å². The summed E-state index contributed by atoms with van der Waals surface area (Å²) in [5.74, 6) is -0.771. The van der Waals surface area contributed by atoms with Crippen molar-refractivity contribution in [2.75, 3.05) is 18.4 Å². The number of hydrogen-bond acceptors (Lipinski definition) is 3. The molecule has 1 aliphatic rings. The smallest absolute Gasteiger partial charge is 0.255 e. The number of amides is 3. The van der Waals surface area contributed by atoms with E-state index in [0.717, 1.165) is 18.4 Å². The second-order valence-corrected chi connectivity index (χ2v) is 8.11. The van der Waals surface area contributed by atoms with Gasteiger partial charge in [-0.1, -0.05) is 60.7 Å². The molecule has 1 atom stereocenters. The van der Waals surface area contributed by atoms with Crippen LogP contribution in [0.1, 0.15) is 39.1 Å². The predicted octanol–water partition coefficient (Wildman–Crippen LogP) is 3.90. The molecule has 3 aromatic carbocycles. The first-order chi connectivity index (χ1) is 16.1. The molecule has 0 spiro atoms. The Morgan fingerprint density at radius 2 is 1.36 bits per heavy atom. The van der Waals surface area contributed by atoms with Gasteiger partial charge in [0.2, 0.25) is 5.91 Å². The van der Waals surface area contributed by atoms with Crippen LogP contribution in [0.3, 0.4) is 0 Å². The fourth-order valence-electron chi connectivity index (χ4n) is 4.02. The molecule has 0 saturated carbocycles. The third kappa shape index (κ3) is 5.66. The van der Waals surface area contributed by atoms with E-state index >= 15 is 0 Å². The molecule has 1 aliphatic heterocycles. The van der Waals surface area contributed by atoms with E-state index in [1.165, 1.54) is 0 Å². The highest BCUT2D eigenvalue weighted by molar-refractivity contribution is 6.09. The summed E-state index contributed by atoms with van der Waals surface area (Å²) in [6.07, 6.45) is 2.36. The van der Waals surface area contributed by atoms with Crippen LogP contribution in [0.4, 0.5) is 5.69 Å². The van der Waals surface area contributed by atoms with Gasteiger partial charge in [0.25, 0.3) is 11.8 Å². The number of likely N-dealkylation sites (tertiary alicyclic amines) is 1. The lowest BCUT2D eigenvalue weighted by Crippen LogP contribution is -2.49. The van der Waals surface area contributed by atoms with Crippen molar-refractivity contribution in [2.24, 2.45) is 0 Å². The van der Waals surface area contributed by atoms with Crippen LogP contribution in [0.15, 0.2) is 84.9 Å². The molecule has 3 aromatic rings. The summed E-state index contributed by atoms with van der Waals surface area (Å²) >= 11 is 0. The van der Waals surface area contributed by atoms with Crippen LogP contribution in [0.2, 0.25) is 0 Å². The molecule has 1 heterocycles. The molecule has 0 radical (unpaired) electrons. The number of nitrogens with one attached hydrogen (secondary N) is 2. The van der Waals surface area contributed by atoms with Gasteiger partial charge < -0.3 is 15.5 Å². The number of nitrogens with zero attached hydrogens (tertiary/aromatic N) is 1. The molecule has 0 aliphatic carbocycles. The number of anilines is 1. The number of benzene rings is 3. The van der Waals surface area contributed by atoms with Gasteiger partial charge in [0.05, 0.1) is 11.3 Å². The van der Waals surface area contributed by atoms with Crippen molar-refractivity contribution in [1.29, 1.82) is 0 Å². The standard InChI is InChI=1S/C27H27N3O3/c31-25(21-13-5-2-6-14-21)28-23-16-8-7-15-22(23)26(32)29-24(19-20-11-3-1-4-12-20)27(33)30-17-9-10-18-30/h1-8,11-16,24H,9-10,17-19H2,(H,28,31)(H,29,32)/t24-/m1/s1. The lowest BCUT2D eigenvalue weighted by Gasteiger charge is -2.24. The van der Waals surface area contributed by atoms with Gasteiger partial charge >= 0.3 is 0 Å². The Kier molecular flexibility index (Phi) is 7.15. The lowest BCUT2D eigenvalue weighted by atomic mass is 10.0. The average Bonchev–Trinajstić information content (AvgIpc) is 3.40. The molecule has 1 fully saturated rings. The van der Waals surface area contributed by atoms with E-state index in [2.05, 4.69) is 10.6 Å². The minimum Gasteiger partial charge on any atom is -0.341 e. The number of rotatable bonds is 7. The molecule has 168 valence electrons. The number of carbonyl (C=O) groups excluding carboxylic acids is 3. The highest BCUT2D eigenvalue weighted by Crippen LogP contribution is 2.18. The molecule has 0 unspecified atom stereocenters. The minimum atomic E-state index is -0.684. The van der Waals surface area contributed by atoms with Gasteiger partial charge in [-0.25, -0.2) is 0 Å². The van der Waals surface area contributed by atoms with Crippen LogP contribution in [0, 0.1) is 0 Å². The van der Waals surface area contributed by atoms with Crippen molar-refractivity contribution in [3.8, 4) is 0 Å². The normalized spacial score (nSPS) is 13.9. The largest absolute Gasteiger partial charge is 0.341 e. The maximum absolute atomic E-state index is 13.3. The van der Waals surface area contributed by atoms with Gasteiger partial charge in [-0.15, -0.1) is 0 Å². The lowest BCUT2D eigenvalue weighted by molar-refractivity contribution is -0.132. The Bertz CT molecular complexity index is 1110. The van der Waals surface area contributed by atoms with E-state index in [9.17, 15) is 14.4 Å². The van der Waals surface area contributed by atoms with Crippen molar-refractivity contribution < 1.29 is 14.4 Å². The zero-order chi connectivity index (χ0) is 23.0. The summed E-state index contributed by atoms with van der Waals surface area (Å²) in [7, 11) is 0. The third-order valence-corrected chi connectivity index (χ3v) is 5.76. The predicted molar refractivity (Wildman–Crippen MR) is 128 cm³/mol. The first kappa shape index (κ1) is 22.3. The molecule has 0 bridgehead atoms. The molecule has 6 heteroatoms. The highest BCUT2D eigenvalue weighted by atomic mass is 16.2. The first-order valence-corrected chi connectivity index (χ1v) is 11.2. The molecule has 4 rings (SSSR count). The highest BCUT2D eigenvalue weighted by Gasteiger charge is 2.29. The third-order valence-electron chi connectivity index (χ3n) is 5.76. The van der Waals surface area contributed by atoms with Crippen molar-refractivity contribution in [3.63, 3.8) is 0 Å². The summed E-state index contributed by atoms with van der Waals surface area (Å²) in [6.45, 7) is 1.42. The Hall–Kier alpha value is -3.93. The van der Waals surface area contributed by atoms with Crippen LogP contribution < -0.4 is 10.6 Å². The number of hydrogen-bond donors (Lipinski definition) is 2. The van der Waals surface area contributed by atoms with Crippen molar-refractivity contribution in [2.45, 2.75) is 25.3 Å². The molecule has 6 nitrogen and oxygen atoms in total.